The number of hydrogen-bond donors (Lipinski definition) is 2. The van der Waals surface area contributed by atoms with E-state index in [2.05, 4.69) is 25.9 Å². The number of H-pyrrole nitrogens is 2. The Kier molecular flexibility index (Phi) is 4.47. The van der Waals surface area contributed by atoms with Crippen molar-refractivity contribution in [1.82, 2.24) is 24.4 Å². The minimum Gasteiger partial charge on any atom is -0.346 e. The van der Waals surface area contributed by atoms with E-state index < -0.39 is 0 Å². The summed E-state index contributed by atoms with van der Waals surface area (Å²) >= 11 is 0. The molecule has 0 aromatic carbocycles. The summed E-state index contributed by atoms with van der Waals surface area (Å²) in [4.78, 5) is 37.4. The van der Waals surface area contributed by atoms with E-state index in [1.54, 1.807) is 17.0 Å². The second-order valence-electron chi connectivity index (χ2n) is 8.44. The standard InChI is InChI=1S/C21H24N6O2/c22-9-14-6-8-26(12-14)11-13-1-3-15(4-2-13)27-18-16-5-7-23-19(16)24-10-17(18)20(28)25-21(27)29/h5,7,10,13-15H,1-4,6,8,11-12H2,(H,23,24)(H,25,28,29)/t13?,14-,15?/m0/s1. The zero-order valence-electron chi connectivity index (χ0n) is 16.2. The first-order valence-electron chi connectivity index (χ1n) is 10.4. The highest BCUT2D eigenvalue weighted by atomic mass is 16.2. The molecule has 8 heteroatoms. The maximum Gasteiger partial charge on any atom is 0.329 e. The number of fused-ring (bicyclic) bond motifs is 3. The van der Waals surface area contributed by atoms with Gasteiger partial charge in [-0.05, 0) is 50.6 Å². The molecule has 0 bridgehead atoms. The highest BCUT2D eigenvalue weighted by Gasteiger charge is 2.29. The molecule has 5 rings (SSSR count). The number of likely N-dealkylation sites (tertiary alicyclic amines) is 1. The van der Waals surface area contributed by atoms with Crippen molar-refractivity contribution in [2.24, 2.45) is 11.8 Å². The molecule has 0 unspecified atom stereocenters. The van der Waals surface area contributed by atoms with Crippen molar-refractivity contribution >= 4 is 21.9 Å². The van der Waals surface area contributed by atoms with Gasteiger partial charge in [0.25, 0.3) is 5.56 Å². The molecule has 1 saturated carbocycles. The molecule has 29 heavy (non-hydrogen) atoms. The largest absolute Gasteiger partial charge is 0.346 e. The fourth-order valence-electron chi connectivity index (χ4n) is 5.15. The van der Waals surface area contributed by atoms with Gasteiger partial charge in [-0.15, -0.1) is 0 Å². The van der Waals surface area contributed by atoms with Crippen molar-refractivity contribution in [3.63, 3.8) is 0 Å². The summed E-state index contributed by atoms with van der Waals surface area (Å²) < 4.78 is 1.78. The number of nitrogens with one attached hydrogen (secondary N) is 2. The van der Waals surface area contributed by atoms with Crippen LogP contribution in [0.4, 0.5) is 0 Å². The maximum absolute atomic E-state index is 12.8. The van der Waals surface area contributed by atoms with Crippen molar-refractivity contribution < 1.29 is 0 Å². The van der Waals surface area contributed by atoms with Gasteiger partial charge in [0.2, 0.25) is 0 Å². The van der Waals surface area contributed by atoms with Crippen molar-refractivity contribution in [2.75, 3.05) is 19.6 Å². The summed E-state index contributed by atoms with van der Waals surface area (Å²) in [6.07, 6.45) is 8.23. The van der Waals surface area contributed by atoms with E-state index in [0.717, 1.165) is 57.1 Å². The van der Waals surface area contributed by atoms with E-state index in [-0.39, 0.29) is 23.2 Å². The van der Waals surface area contributed by atoms with Crippen LogP contribution in [0.5, 0.6) is 0 Å². The summed E-state index contributed by atoms with van der Waals surface area (Å²) in [5, 5.41) is 10.4. The van der Waals surface area contributed by atoms with Gasteiger partial charge in [0.1, 0.15) is 5.65 Å². The van der Waals surface area contributed by atoms with Crippen LogP contribution in [0.25, 0.3) is 21.9 Å². The number of nitrogens with zero attached hydrogens (tertiary/aromatic N) is 4. The average molecular weight is 392 g/mol. The predicted molar refractivity (Wildman–Crippen MR) is 110 cm³/mol. The molecule has 0 spiro atoms. The maximum atomic E-state index is 12.8. The zero-order valence-corrected chi connectivity index (χ0v) is 16.2. The van der Waals surface area contributed by atoms with Crippen LogP contribution >= 0.6 is 0 Å². The summed E-state index contributed by atoms with van der Waals surface area (Å²) in [7, 11) is 0. The van der Waals surface area contributed by atoms with Crippen molar-refractivity contribution in [3.8, 4) is 6.07 Å². The van der Waals surface area contributed by atoms with Gasteiger partial charge in [-0.1, -0.05) is 0 Å². The number of nitriles is 1. The van der Waals surface area contributed by atoms with Gasteiger partial charge in [-0.3, -0.25) is 14.3 Å². The van der Waals surface area contributed by atoms with Gasteiger partial charge < -0.3 is 9.88 Å². The first-order chi connectivity index (χ1) is 14.1. The second-order valence-corrected chi connectivity index (χ2v) is 8.44. The Bertz CT molecular complexity index is 1210. The first-order valence-corrected chi connectivity index (χ1v) is 10.4. The van der Waals surface area contributed by atoms with Crippen molar-refractivity contribution in [3.05, 3.63) is 39.3 Å². The third-order valence-electron chi connectivity index (χ3n) is 6.64. The Morgan fingerprint density at radius 1 is 1.17 bits per heavy atom. The van der Waals surface area contributed by atoms with Crippen LogP contribution in [0, 0.1) is 23.2 Å². The summed E-state index contributed by atoms with van der Waals surface area (Å²) in [6.45, 7) is 2.94. The smallest absolute Gasteiger partial charge is 0.329 e. The molecule has 2 N–H and O–H groups in total. The Morgan fingerprint density at radius 2 is 2.00 bits per heavy atom. The molecular formula is C21H24N6O2. The molecule has 0 radical (unpaired) electrons. The zero-order chi connectivity index (χ0) is 20.0. The number of hydrogen-bond acceptors (Lipinski definition) is 5. The van der Waals surface area contributed by atoms with Crippen LogP contribution in [0.1, 0.15) is 38.1 Å². The average Bonchev–Trinajstić information content (AvgIpc) is 3.38. The number of aromatic nitrogens is 4. The molecule has 8 nitrogen and oxygen atoms in total. The SMILES string of the molecule is N#C[C@@H]1CCN(CC2CCC(n3c(=O)[nH]c(=O)c4cnc5[nH]ccc5c43)CC2)C1. The van der Waals surface area contributed by atoms with Gasteiger partial charge in [0.15, 0.2) is 0 Å². The van der Waals surface area contributed by atoms with Crippen LogP contribution in [-0.4, -0.2) is 44.1 Å². The number of pyridine rings is 1. The van der Waals surface area contributed by atoms with E-state index in [0.29, 0.717) is 22.5 Å². The molecule has 150 valence electrons. The van der Waals surface area contributed by atoms with Crippen LogP contribution in [0.3, 0.4) is 0 Å². The Labute approximate surface area is 167 Å². The van der Waals surface area contributed by atoms with Crippen LogP contribution in [0.2, 0.25) is 0 Å². The van der Waals surface area contributed by atoms with E-state index in [4.69, 9.17) is 5.26 Å². The van der Waals surface area contributed by atoms with Gasteiger partial charge in [-0.25, -0.2) is 9.78 Å². The fraction of sp³-hybridized carbons (Fsp3) is 0.524. The molecule has 1 saturated heterocycles. The molecule has 1 atom stereocenters. The van der Waals surface area contributed by atoms with Crippen LogP contribution < -0.4 is 11.2 Å². The molecule has 3 aromatic rings. The first kappa shape index (κ1) is 18.1. The molecule has 3 aromatic heterocycles. The minimum absolute atomic E-state index is 0.0732. The van der Waals surface area contributed by atoms with E-state index in [1.165, 1.54) is 0 Å². The summed E-state index contributed by atoms with van der Waals surface area (Å²) in [5.41, 5.74) is 0.651. The van der Waals surface area contributed by atoms with Crippen molar-refractivity contribution in [2.45, 2.75) is 38.1 Å². The van der Waals surface area contributed by atoms with Gasteiger partial charge in [0, 0.05) is 36.9 Å². The highest BCUT2D eigenvalue weighted by Crippen LogP contribution is 2.34. The highest BCUT2D eigenvalue weighted by molar-refractivity contribution is 6.01. The second kappa shape index (κ2) is 7.16. The Morgan fingerprint density at radius 3 is 2.76 bits per heavy atom. The van der Waals surface area contributed by atoms with Crippen LogP contribution in [0.15, 0.2) is 28.0 Å². The van der Waals surface area contributed by atoms with Gasteiger partial charge >= 0.3 is 5.69 Å². The summed E-state index contributed by atoms with van der Waals surface area (Å²) in [6, 6.07) is 4.34. The quantitative estimate of drug-likeness (QED) is 0.709. The molecule has 2 aliphatic rings. The number of rotatable bonds is 3. The molecule has 1 aliphatic carbocycles. The lowest BCUT2D eigenvalue weighted by atomic mass is 9.85. The van der Waals surface area contributed by atoms with E-state index in [9.17, 15) is 9.59 Å². The summed E-state index contributed by atoms with van der Waals surface area (Å²) in [5.74, 6) is 0.775. The topological polar surface area (TPSA) is 111 Å². The lowest BCUT2D eigenvalue weighted by molar-refractivity contribution is 0.202. The molecule has 1 aliphatic heterocycles. The number of aromatic amines is 2. The lowest BCUT2D eigenvalue weighted by Gasteiger charge is -2.32. The Hall–Kier alpha value is -2.92. The third-order valence-corrected chi connectivity index (χ3v) is 6.64. The van der Waals surface area contributed by atoms with Gasteiger partial charge in [0.05, 0.1) is 22.9 Å². The fourth-order valence-corrected chi connectivity index (χ4v) is 5.15. The molecule has 2 fully saturated rings. The van der Waals surface area contributed by atoms with Gasteiger partial charge in [-0.2, -0.15) is 5.26 Å². The van der Waals surface area contributed by atoms with Crippen LogP contribution in [-0.2, 0) is 0 Å². The van der Waals surface area contributed by atoms with Crippen molar-refractivity contribution in [1.29, 1.82) is 5.26 Å². The third kappa shape index (κ3) is 3.15. The van der Waals surface area contributed by atoms with E-state index in [1.807, 2.05) is 6.07 Å². The Balaban J connectivity index is 1.41. The van der Waals surface area contributed by atoms with E-state index >= 15 is 0 Å². The minimum atomic E-state index is -0.383. The lowest BCUT2D eigenvalue weighted by Crippen LogP contribution is -2.36. The molecule has 4 heterocycles. The predicted octanol–water partition coefficient (Wildman–Crippen LogP) is 2.14. The molecule has 0 amide bonds. The molecular weight excluding hydrogens is 368 g/mol. The normalized spacial score (nSPS) is 25.6. The monoisotopic (exact) mass is 392 g/mol.